The number of rotatable bonds is 8. The summed E-state index contributed by atoms with van der Waals surface area (Å²) in [7, 11) is 1.36. The largest absolute Gasteiger partial charge is 0.488 e. The molecular formula is C35H41N5O5. The molecule has 0 saturated carbocycles. The fourth-order valence-corrected chi connectivity index (χ4v) is 5.76. The Kier molecular flexibility index (Phi) is 9.19. The number of benzene rings is 3. The van der Waals surface area contributed by atoms with Crippen molar-refractivity contribution in [2.75, 3.05) is 32.1 Å². The van der Waals surface area contributed by atoms with E-state index < -0.39 is 11.6 Å². The van der Waals surface area contributed by atoms with Gasteiger partial charge < -0.3 is 29.0 Å². The molecule has 1 fully saturated rings. The van der Waals surface area contributed by atoms with Crippen LogP contribution in [0.4, 0.5) is 10.5 Å². The Hall–Kier alpha value is -4.78. The van der Waals surface area contributed by atoms with Crippen molar-refractivity contribution < 1.29 is 23.8 Å². The van der Waals surface area contributed by atoms with Gasteiger partial charge in [-0.05, 0) is 55.3 Å². The molecule has 0 bridgehead atoms. The lowest BCUT2D eigenvalue weighted by atomic mass is 10.00. The lowest BCUT2D eigenvalue weighted by Gasteiger charge is -2.33. The Labute approximate surface area is 263 Å². The molecule has 0 aliphatic carbocycles. The molecule has 1 aliphatic heterocycles. The molecule has 0 unspecified atom stereocenters. The van der Waals surface area contributed by atoms with Crippen molar-refractivity contribution in [3.63, 3.8) is 0 Å². The van der Waals surface area contributed by atoms with Crippen molar-refractivity contribution in [1.82, 2.24) is 14.5 Å². The molecule has 2 heterocycles. The number of amides is 1. The van der Waals surface area contributed by atoms with Crippen molar-refractivity contribution >= 4 is 39.6 Å². The second kappa shape index (κ2) is 13.1. The molecule has 10 heteroatoms. The number of ether oxygens (including phenoxy) is 3. The maximum atomic E-state index is 12.6. The van der Waals surface area contributed by atoms with E-state index in [4.69, 9.17) is 19.2 Å². The highest BCUT2D eigenvalue weighted by atomic mass is 16.6. The van der Waals surface area contributed by atoms with Gasteiger partial charge in [-0.15, -0.1) is 0 Å². The molecule has 0 radical (unpaired) electrons. The first-order chi connectivity index (χ1) is 21.5. The Morgan fingerprint density at radius 2 is 1.78 bits per heavy atom. The van der Waals surface area contributed by atoms with Crippen LogP contribution in [-0.2, 0) is 20.8 Å². The molecule has 1 saturated heterocycles. The summed E-state index contributed by atoms with van der Waals surface area (Å²) in [6.07, 6.45) is 0.828. The van der Waals surface area contributed by atoms with Crippen LogP contribution in [0, 0.1) is 11.3 Å². The minimum absolute atomic E-state index is 0.0505. The third kappa shape index (κ3) is 6.98. The minimum atomic E-state index is -0.554. The highest BCUT2D eigenvalue weighted by molar-refractivity contribution is 5.95. The quantitative estimate of drug-likeness (QED) is 0.222. The van der Waals surface area contributed by atoms with Gasteiger partial charge in [-0.1, -0.05) is 44.2 Å². The number of carbonyl (C=O) groups is 2. The fraction of sp³-hybridized carbons (Fsp3) is 0.429. The van der Waals surface area contributed by atoms with Crippen LogP contribution < -0.4 is 10.1 Å². The number of nitrogens with zero attached hydrogens (tertiary/aromatic N) is 4. The van der Waals surface area contributed by atoms with E-state index in [1.807, 2.05) is 69.3 Å². The lowest BCUT2D eigenvalue weighted by molar-refractivity contribution is -0.138. The van der Waals surface area contributed by atoms with E-state index in [2.05, 4.69) is 29.8 Å². The van der Waals surface area contributed by atoms with Crippen molar-refractivity contribution in [1.29, 1.82) is 5.26 Å². The Bertz CT molecular complexity index is 1760. The molecule has 3 aromatic carbocycles. The number of hydrogen-bond acceptors (Lipinski definition) is 8. The van der Waals surface area contributed by atoms with Gasteiger partial charge in [0, 0.05) is 31.8 Å². The summed E-state index contributed by atoms with van der Waals surface area (Å²) in [5, 5.41) is 14.9. The van der Waals surface area contributed by atoms with Gasteiger partial charge in [0.05, 0.1) is 36.3 Å². The first kappa shape index (κ1) is 31.6. The normalized spacial score (nSPS) is 14.0. The number of fused-ring (bicyclic) bond motifs is 2. The van der Waals surface area contributed by atoms with E-state index in [1.165, 1.54) is 7.11 Å². The summed E-state index contributed by atoms with van der Waals surface area (Å²) < 4.78 is 19.3. The summed E-state index contributed by atoms with van der Waals surface area (Å²) in [5.74, 6) is 1.19. The summed E-state index contributed by atoms with van der Waals surface area (Å²) in [6, 6.07) is 17.9. The third-order valence-corrected chi connectivity index (χ3v) is 7.90. The van der Waals surface area contributed by atoms with Crippen LogP contribution in [-0.4, -0.2) is 65.0 Å². The lowest BCUT2D eigenvalue weighted by Crippen LogP contribution is -2.44. The zero-order chi connectivity index (χ0) is 32.3. The van der Waals surface area contributed by atoms with Gasteiger partial charge in [-0.2, -0.15) is 5.26 Å². The molecule has 1 N–H and O–H groups in total. The third-order valence-electron chi connectivity index (χ3n) is 7.90. The predicted octanol–water partition coefficient (Wildman–Crippen LogP) is 6.60. The Morgan fingerprint density at radius 3 is 2.42 bits per heavy atom. The molecule has 0 atom stereocenters. The van der Waals surface area contributed by atoms with Crippen LogP contribution >= 0.6 is 0 Å². The number of hydrogen-bond donors (Lipinski definition) is 1. The summed E-state index contributed by atoms with van der Waals surface area (Å²) >= 11 is 0. The zero-order valence-corrected chi connectivity index (χ0v) is 26.8. The number of aromatic nitrogens is 2. The molecule has 5 rings (SSSR count). The fourth-order valence-electron chi connectivity index (χ4n) is 5.76. The van der Waals surface area contributed by atoms with Crippen molar-refractivity contribution in [2.24, 2.45) is 0 Å². The van der Waals surface area contributed by atoms with E-state index in [0.29, 0.717) is 49.5 Å². The summed E-state index contributed by atoms with van der Waals surface area (Å²) in [6.45, 7) is 11.3. The van der Waals surface area contributed by atoms with E-state index in [0.717, 1.165) is 33.2 Å². The van der Waals surface area contributed by atoms with Gasteiger partial charge in [0.2, 0.25) is 0 Å². The van der Waals surface area contributed by atoms with Crippen molar-refractivity contribution in [2.45, 2.75) is 71.6 Å². The number of likely N-dealkylation sites (tertiary alicyclic amines) is 1. The standard InChI is InChI=1S/C35H41N5O5/c1-22(2)33-38-28-13-14-29(44-25-15-17-39(18-16-25)34(42)45-35(3,4)5)31(37-20-30(41)43-6)32(28)40(33)21-24-12-11-23(19-36)26-9-7-8-10-27(24)26/h7-14,22,25,37H,15-18,20-21H2,1-6H3. The van der Waals surface area contributed by atoms with Crippen molar-refractivity contribution in [3.8, 4) is 11.8 Å². The Balaban J connectivity index is 1.53. The van der Waals surface area contributed by atoms with Crippen LogP contribution in [0.25, 0.3) is 21.8 Å². The predicted molar refractivity (Wildman–Crippen MR) is 174 cm³/mol. The van der Waals surface area contributed by atoms with E-state index in [1.54, 1.807) is 4.90 Å². The van der Waals surface area contributed by atoms with E-state index in [-0.39, 0.29) is 24.7 Å². The number of carbonyl (C=O) groups excluding carboxylic acids is 2. The van der Waals surface area contributed by atoms with E-state index >= 15 is 0 Å². The summed E-state index contributed by atoms with van der Waals surface area (Å²) in [5.41, 5.74) is 3.37. The Morgan fingerprint density at radius 1 is 1.07 bits per heavy atom. The SMILES string of the molecule is COC(=O)CNc1c(OC2CCN(C(=O)OC(C)(C)C)CC2)ccc2nc(C(C)C)n(Cc3ccc(C#N)c4ccccc34)c12. The van der Waals surface area contributed by atoms with Gasteiger partial charge in [0.1, 0.15) is 35.5 Å². The van der Waals surface area contributed by atoms with Crippen LogP contribution in [0.5, 0.6) is 5.75 Å². The maximum Gasteiger partial charge on any atom is 0.410 e. The molecule has 45 heavy (non-hydrogen) atoms. The molecule has 1 amide bonds. The number of nitrogens with one attached hydrogen (secondary N) is 1. The molecule has 0 spiro atoms. The van der Waals surface area contributed by atoms with Gasteiger partial charge in [-0.25, -0.2) is 9.78 Å². The number of piperidine rings is 1. The maximum absolute atomic E-state index is 12.6. The number of imidazole rings is 1. The molecule has 1 aromatic heterocycles. The minimum Gasteiger partial charge on any atom is -0.488 e. The average Bonchev–Trinajstić information content (AvgIpc) is 3.38. The van der Waals surface area contributed by atoms with E-state index in [9.17, 15) is 14.9 Å². The highest BCUT2D eigenvalue weighted by Gasteiger charge is 2.29. The number of methoxy groups -OCH3 is 1. The van der Waals surface area contributed by atoms with Crippen LogP contribution in [0.3, 0.4) is 0 Å². The van der Waals surface area contributed by atoms with Gasteiger partial charge >= 0.3 is 12.1 Å². The van der Waals surface area contributed by atoms with Crippen LogP contribution in [0.2, 0.25) is 0 Å². The monoisotopic (exact) mass is 611 g/mol. The number of anilines is 1. The summed E-state index contributed by atoms with van der Waals surface area (Å²) in [4.78, 5) is 31.6. The zero-order valence-electron chi connectivity index (χ0n) is 26.8. The molecule has 1 aliphatic rings. The van der Waals surface area contributed by atoms with Crippen LogP contribution in [0.15, 0.2) is 48.5 Å². The van der Waals surface area contributed by atoms with Gasteiger partial charge in [0.15, 0.2) is 0 Å². The molecular weight excluding hydrogens is 570 g/mol. The number of nitriles is 1. The van der Waals surface area contributed by atoms with Crippen molar-refractivity contribution in [3.05, 3.63) is 65.5 Å². The van der Waals surface area contributed by atoms with Gasteiger partial charge in [-0.3, -0.25) is 4.79 Å². The molecule has 10 nitrogen and oxygen atoms in total. The smallest absolute Gasteiger partial charge is 0.410 e. The average molecular weight is 612 g/mol. The van der Waals surface area contributed by atoms with Crippen LogP contribution in [0.1, 0.15) is 70.3 Å². The van der Waals surface area contributed by atoms with Gasteiger partial charge in [0.25, 0.3) is 0 Å². The first-order valence-corrected chi connectivity index (χ1v) is 15.4. The first-order valence-electron chi connectivity index (χ1n) is 15.4. The number of esters is 1. The molecule has 236 valence electrons. The topological polar surface area (TPSA) is 119 Å². The molecule has 4 aromatic rings. The second-order valence-corrected chi connectivity index (χ2v) is 12.7. The second-order valence-electron chi connectivity index (χ2n) is 12.7. The highest BCUT2D eigenvalue weighted by Crippen LogP contribution is 2.38.